The highest BCUT2D eigenvalue weighted by molar-refractivity contribution is 7.93. The molecule has 0 unspecified atom stereocenters. The number of ether oxygens (including phenoxy) is 2. The fourth-order valence-electron chi connectivity index (χ4n) is 3.72. The molecule has 0 aliphatic rings. The van der Waals surface area contributed by atoms with Crippen LogP contribution in [0.3, 0.4) is 0 Å². The third kappa shape index (κ3) is 5.81. The van der Waals surface area contributed by atoms with Crippen molar-refractivity contribution in [2.45, 2.75) is 51.5 Å². The molecule has 0 bridgehead atoms. The molecule has 4 aromatic rings. The van der Waals surface area contributed by atoms with E-state index in [1.54, 1.807) is 41.2 Å². The molecule has 0 aromatic carbocycles. The van der Waals surface area contributed by atoms with Crippen LogP contribution in [-0.2, 0) is 14.8 Å². The lowest BCUT2D eigenvalue weighted by Gasteiger charge is -2.24. The van der Waals surface area contributed by atoms with Crippen LogP contribution in [0, 0.1) is 6.92 Å². The first-order valence-corrected chi connectivity index (χ1v) is 13.6. The number of anilines is 1. The summed E-state index contributed by atoms with van der Waals surface area (Å²) in [5.74, 6) is 1.40. The molecule has 0 aliphatic carbocycles. The zero-order valence-electron chi connectivity index (χ0n) is 21.8. The van der Waals surface area contributed by atoms with E-state index in [1.165, 1.54) is 20.2 Å². The van der Waals surface area contributed by atoms with Crippen LogP contribution in [0.25, 0.3) is 11.5 Å². The molecule has 0 saturated carbocycles. The minimum atomic E-state index is -4.08. The normalized spacial score (nSPS) is 14.1. The molecular formula is C24H30N8O5S. The van der Waals surface area contributed by atoms with Gasteiger partial charge in [-0.1, -0.05) is 18.1 Å². The first kappa shape index (κ1) is 27.1. The van der Waals surface area contributed by atoms with Gasteiger partial charge >= 0.3 is 0 Å². The predicted octanol–water partition coefficient (Wildman–Crippen LogP) is 3.34. The van der Waals surface area contributed by atoms with Crippen LogP contribution in [0.15, 0.2) is 47.4 Å². The Morgan fingerprint density at radius 2 is 1.89 bits per heavy atom. The summed E-state index contributed by atoms with van der Waals surface area (Å²) in [6.07, 6.45) is 4.54. The van der Waals surface area contributed by atoms with Crippen molar-refractivity contribution in [3.63, 3.8) is 0 Å². The molecule has 13 nitrogen and oxygen atoms in total. The van der Waals surface area contributed by atoms with Gasteiger partial charge in [-0.25, -0.2) is 23.4 Å². The number of rotatable bonds is 12. The summed E-state index contributed by atoms with van der Waals surface area (Å²) in [4.78, 5) is 13.1. The predicted molar refractivity (Wildman–Crippen MR) is 138 cm³/mol. The highest BCUT2D eigenvalue weighted by Gasteiger charge is 2.35. The summed E-state index contributed by atoms with van der Waals surface area (Å²) in [5.41, 5.74) is 1.28. The van der Waals surface area contributed by atoms with Gasteiger partial charge < -0.3 is 14.0 Å². The monoisotopic (exact) mass is 542 g/mol. The zero-order valence-corrected chi connectivity index (χ0v) is 22.6. The Hall–Kier alpha value is -3.91. The molecule has 0 spiro atoms. The number of aromatic nitrogens is 7. The molecule has 0 radical (unpaired) electrons. The number of sulfonamides is 1. The second-order valence-corrected chi connectivity index (χ2v) is 10.7. The summed E-state index contributed by atoms with van der Waals surface area (Å²) in [6, 6.07) is 6.32. The summed E-state index contributed by atoms with van der Waals surface area (Å²) in [7, 11) is -2.57. The van der Waals surface area contributed by atoms with E-state index in [1.807, 2.05) is 20.8 Å². The van der Waals surface area contributed by atoms with Crippen molar-refractivity contribution in [2.24, 2.45) is 0 Å². The number of methoxy groups -OCH3 is 1. The topological polar surface area (TPSA) is 160 Å². The number of hydrogen-bond acceptors (Lipinski definition) is 11. The fourth-order valence-corrected chi connectivity index (χ4v) is 4.83. The van der Waals surface area contributed by atoms with Crippen LogP contribution in [0.5, 0.6) is 5.88 Å². The molecule has 14 heteroatoms. The van der Waals surface area contributed by atoms with E-state index >= 15 is 0 Å². The maximum atomic E-state index is 13.7. The van der Waals surface area contributed by atoms with Gasteiger partial charge in [0.15, 0.2) is 17.4 Å². The third-order valence-electron chi connectivity index (χ3n) is 5.82. The zero-order chi connectivity index (χ0) is 27.3. The number of hydrogen-bond donors (Lipinski definition) is 1. The minimum Gasteiger partial charge on any atom is -0.481 e. The van der Waals surface area contributed by atoms with E-state index in [0.717, 1.165) is 5.56 Å². The fraction of sp³-hybridized carbons (Fsp3) is 0.417. The lowest BCUT2D eigenvalue weighted by atomic mass is 10.2. The van der Waals surface area contributed by atoms with Gasteiger partial charge in [0.25, 0.3) is 0 Å². The van der Waals surface area contributed by atoms with Crippen LogP contribution in [0.1, 0.15) is 56.5 Å². The molecule has 4 rings (SSSR count). The average molecular weight is 543 g/mol. The van der Waals surface area contributed by atoms with Crippen LogP contribution in [0.2, 0.25) is 0 Å². The third-order valence-corrected chi connectivity index (χ3v) is 7.51. The van der Waals surface area contributed by atoms with Crippen molar-refractivity contribution < 1.29 is 22.4 Å². The average Bonchev–Trinajstić information content (AvgIpc) is 3.60. The number of pyridine rings is 1. The first-order valence-electron chi connectivity index (χ1n) is 12.0. The van der Waals surface area contributed by atoms with Gasteiger partial charge in [0.2, 0.25) is 21.9 Å². The molecule has 0 saturated heterocycles. The van der Waals surface area contributed by atoms with Crippen LogP contribution in [-0.4, -0.2) is 62.3 Å². The second-order valence-electron chi connectivity index (χ2n) is 8.64. The molecule has 0 aliphatic heterocycles. The standard InChI is InChI=1S/C24H30N8O5S/c1-6-12-36-21(22-25-13-15(2)14-26-22)17(4)38(33,34)31-24-30-29-23(18-8-7-9-20(28-18)35-5)32(24)16(3)19-10-11-27-37-19/h7-11,13-14,16-17,21H,6,12H2,1-5H3,(H,30,31)/t16-,17+,21-/m1/s1. The molecule has 1 N–H and O–H groups in total. The Morgan fingerprint density at radius 1 is 1.13 bits per heavy atom. The Bertz CT molecular complexity index is 1440. The van der Waals surface area contributed by atoms with Crippen molar-refractivity contribution in [2.75, 3.05) is 18.4 Å². The Kier molecular flexibility index (Phi) is 8.32. The summed E-state index contributed by atoms with van der Waals surface area (Å²) in [6.45, 7) is 7.47. The number of aryl methyl sites for hydroxylation is 1. The molecule has 3 atom stereocenters. The molecule has 4 heterocycles. The van der Waals surface area contributed by atoms with E-state index < -0.39 is 27.4 Å². The molecule has 202 valence electrons. The minimum absolute atomic E-state index is 0.0283. The SMILES string of the molecule is CCCO[C@@H](c1ncc(C)cn1)[C@H](C)S(=O)(=O)Nc1nnc(-c2cccc(OC)n2)n1[C@H](C)c1ccno1. The maximum Gasteiger partial charge on any atom is 0.240 e. The molecule has 38 heavy (non-hydrogen) atoms. The van der Waals surface area contributed by atoms with E-state index in [-0.39, 0.29) is 11.8 Å². The Labute approximate surface area is 220 Å². The van der Waals surface area contributed by atoms with Gasteiger partial charge in [-0.05, 0) is 38.8 Å². The van der Waals surface area contributed by atoms with Gasteiger partial charge in [-0.2, -0.15) is 0 Å². The highest BCUT2D eigenvalue weighted by atomic mass is 32.2. The van der Waals surface area contributed by atoms with Gasteiger partial charge in [0.05, 0.1) is 19.3 Å². The quantitative estimate of drug-likeness (QED) is 0.279. The van der Waals surface area contributed by atoms with E-state index in [9.17, 15) is 8.42 Å². The molecule has 4 aromatic heterocycles. The summed E-state index contributed by atoms with van der Waals surface area (Å²) >= 11 is 0. The van der Waals surface area contributed by atoms with Gasteiger partial charge in [-0.3, -0.25) is 9.29 Å². The van der Waals surface area contributed by atoms with Crippen LogP contribution in [0.4, 0.5) is 5.95 Å². The second kappa shape index (κ2) is 11.6. The van der Waals surface area contributed by atoms with Gasteiger partial charge in [-0.15, -0.1) is 10.2 Å². The molecular weight excluding hydrogens is 512 g/mol. The van der Waals surface area contributed by atoms with Gasteiger partial charge in [0.1, 0.15) is 17.0 Å². The Morgan fingerprint density at radius 3 is 2.55 bits per heavy atom. The highest BCUT2D eigenvalue weighted by Crippen LogP contribution is 2.31. The first-order chi connectivity index (χ1) is 18.2. The summed E-state index contributed by atoms with van der Waals surface area (Å²) in [5, 5.41) is 11.1. The smallest absolute Gasteiger partial charge is 0.240 e. The molecule has 0 fully saturated rings. The van der Waals surface area contributed by atoms with Crippen LogP contribution >= 0.6 is 0 Å². The van der Waals surface area contributed by atoms with Crippen molar-refractivity contribution in [1.82, 2.24) is 34.9 Å². The van der Waals surface area contributed by atoms with E-state index in [4.69, 9.17) is 14.0 Å². The van der Waals surface area contributed by atoms with E-state index in [2.05, 4.69) is 35.0 Å². The van der Waals surface area contributed by atoms with Crippen molar-refractivity contribution in [1.29, 1.82) is 0 Å². The lowest BCUT2D eigenvalue weighted by molar-refractivity contribution is 0.0466. The van der Waals surface area contributed by atoms with Gasteiger partial charge in [0, 0.05) is 31.1 Å². The van der Waals surface area contributed by atoms with Crippen molar-refractivity contribution >= 4 is 16.0 Å². The largest absolute Gasteiger partial charge is 0.481 e. The maximum absolute atomic E-state index is 13.7. The lowest BCUT2D eigenvalue weighted by Crippen LogP contribution is -2.34. The Balaban J connectivity index is 1.73. The number of nitrogens with zero attached hydrogens (tertiary/aromatic N) is 7. The van der Waals surface area contributed by atoms with Crippen molar-refractivity contribution in [3.8, 4) is 17.4 Å². The van der Waals surface area contributed by atoms with Crippen molar-refractivity contribution in [3.05, 3.63) is 60.0 Å². The van der Waals surface area contributed by atoms with Crippen LogP contribution < -0.4 is 9.46 Å². The molecule has 0 amide bonds. The summed E-state index contributed by atoms with van der Waals surface area (Å²) < 4.78 is 48.0. The number of nitrogens with one attached hydrogen (secondary N) is 1. The van der Waals surface area contributed by atoms with E-state index in [0.29, 0.717) is 36.2 Å².